The normalized spacial score (nSPS) is 11.2. The number of hydrogen-bond acceptors (Lipinski definition) is 3. The van der Waals surface area contributed by atoms with Crippen molar-refractivity contribution in [3.05, 3.63) is 89.0 Å². The molecule has 3 aromatic rings. The fourth-order valence-corrected chi connectivity index (χ4v) is 4.84. The molecule has 0 spiro atoms. The van der Waals surface area contributed by atoms with Gasteiger partial charge in [0.25, 0.3) is 15.9 Å². The molecule has 156 valence electrons. The van der Waals surface area contributed by atoms with E-state index >= 15 is 0 Å². The van der Waals surface area contributed by atoms with Crippen LogP contribution in [0.3, 0.4) is 0 Å². The third-order valence-electron chi connectivity index (χ3n) is 4.28. The van der Waals surface area contributed by atoms with Crippen molar-refractivity contribution in [2.75, 3.05) is 16.2 Å². The number of nitrogens with one attached hydrogen (secondary N) is 1. The summed E-state index contributed by atoms with van der Waals surface area (Å²) in [7, 11) is -4.06. The van der Waals surface area contributed by atoms with Gasteiger partial charge in [-0.25, -0.2) is 17.2 Å². The number of hydrogen-bond donors (Lipinski definition) is 1. The Balaban J connectivity index is 1.97. The van der Waals surface area contributed by atoms with Crippen LogP contribution in [0.25, 0.3) is 0 Å². The van der Waals surface area contributed by atoms with Crippen LogP contribution >= 0.6 is 11.6 Å². The maximum Gasteiger partial charge on any atom is 0.265 e. The Morgan fingerprint density at radius 3 is 2.40 bits per heavy atom. The lowest BCUT2D eigenvalue weighted by Gasteiger charge is -2.23. The quantitative estimate of drug-likeness (QED) is 0.569. The molecule has 0 fully saturated rings. The number of sulfonamides is 1. The van der Waals surface area contributed by atoms with Crippen molar-refractivity contribution < 1.29 is 22.0 Å². The fourth-order valence-electron chi connectivity index (χ4n) is 2.86. The van der Waals surface area contributed by atoms with E-state index in [1.165, 1.54) is 28.6 Å². The number of carbonyl (C=O) groups excluding carboxylic acids is 1. The molecule has 3 rings (SSSR count). The molecular weight excluding hydrogens is 434 g/mol. The van der Waals surface area contributed by atoms with Gasteiger partial charge < -0.3 is 5.32 Å². The Morgan fingerprint density at radius 1 is 1.03 bits per heavy atom. The van der Waals surface area contributed by atoms with E-state index in [2.05, 4.69) is 5.32 Å². The highest BCUT2D eigenvalue weighted by atomic mass is 35.5. The summed E-state index contributed by atoms with van der Waals surface area (Å²) in [6.07, 6.45) is 0. The van der Waals surface area contributed by atoms with E-state index in [1.54, 1.807) is 37.3 Å². The lowest BCUT2D eigenvalue weighted by Crippen LogP contribution is -2.31. The lowest BCUT2D eigenvalue weighted by molar-refractivity contribution is 0.102. The molecule has 0 bridgehead atoms. The van der Waals surface area contributed by atoms with E-state index in [1.807, 2.05) is 0 Å². The monoisotopic (exact) mass is 450 g/mol. The van der Waals surface area contributed by atoms with Gasteiger partial charge in [-0.2, -0.15) is 0 Å². The number of para-hydroxylation sites is 1. The van der Waals surface area contributed by atoms with Crippen molar-refractivity contribution in [3.8, 4) is 0 Å². The predicted octanol–water partition coefficient (Wildman–Crippen LogP) is 5.09. The molecule has 0 saturated carbocycles. The number of nitrogens with zero attached hydrogens (tertiary/aromatic N) is 1. The minimum atomic E-state index is -4.06. The lowest BCUT2D eigenvalue weighted by atomic mass is 10.2. The van der Waals surface area contributed by atoms with Crippen LogP contribution in [0.15, 0.2) is 71.6 Å². The van der Waals surface area contributed by atoms with Crippen LogP contribution in [0.1, 0.15) is 17.3 Å². The third-order valence-corrected chi connectivity index (χ3v) is 6.67. The van der Waals surface area contributed by atoms with Gasteiger partial charge in [-0.15, -0.1) is 0 Å². The van der Waals surface area contributed by atoms with Gasteiger partial charge in [-0.3, -0.25) is 9.10 Å². The van der Waals surface area contributed by atoms with Gasteiger partial charge >= 0.3 is 0 Å². The van der Waals surface area contributed by atoms with E-state index in [0.717, 1.165) is 12.1 Å². The van der Waals surface area contributed by atoms with Crippen molar-refractivity contribution in [2.45, 2.75) is 11.8 Å². The van der Waals surface area contributed by atoms with Crippen LogP contribution in [0.2, 0.25) is 5.02 Å². The van der Waals surface area contributed by atoms with E-state index in [9.17, 15) is 22.0 Å². The molecule has 5 nitrogen and oxygen atoms in total. The smallest absolute Gasteiger partial charge is 0.265 e. The highest BCUT2D eigenvalue weighted by Gasteiger charge is 2.27. The van der Waals surface area contributed by atoms with Crippen LogP contribution in [0.5, 0.6) is 0 Å². The molecule has 0 aliphatic rings. The van der Waals surface area contributed by atoms with Crippen LogP contribution in [0.4, 0.5) is 20.2 Å². The number of rotatable bonds is 6. The molecule has 3 aromatic carbocycles. The highest BCUT2D eigenvalue weighted by Crippen LogP contribution is 2.30. The van der Waals surface area contributed by atoms with E-state index in [4.69, 9.17) is 11.6 Å². The van der Waals surface area contributed by atoms with Crippen LogP contribution in [-0.2, 0) is 10.0 Å². The Labute approximate surface area is 178 Å². The van der Waals surface area contributed by atoms with Crippen LogP contribution in [0, 0.1) is 11.6 Å². The summed E-state index contributed by atoms with van der Waals surface area (Å²) in [4.78, 5) is 12.1. The minimum Gasteiger partial charge on any atom is -0.322 e. The second-order valence-electron chi connectivity index (χ2n) is 6.21. The van der Waals surface area contributed by atoms with Crippen LogP contribution in [-0.4, -0.2) is 20.9 Å². The summed E-state index contributed by atoms with van der Waals surface area (Å²) < 4.78 is 54.8. The second-order valence-corrected chi connectivity index (χ2v) is 8.44. The van der Waals surface area contributed by atoms with E-state index < -0.39 is 33.1 Å². The second kappa shape index (κ2) is 8.81. The molecule has 1 amide bonds. The molecule has 0 unspecified atom stereocenters. The van der Waals surface area contributed by atoms with Crippen molar-refractivity contribution in [3.63, 3.8) is 0 Å². The van der Waals surface area contributed by atoms with Crippen molar-refractivity contribution >= 4 is 38.9 Å². The topological polar surface area (TPSA) is 66.5 Å². The average molecular weight is 451 g/mol. The summed E-state index contributed by atoms with van der Waals surface area (Å²) >= 11 is 6.14. The number of benzene rings is 3. The molecule has 0 aliphatic heterocycles. The molecule has 0 aromatic heterocycles. The maximum atomic E-state index is 13.9. The van der Waals surface area contributed by atoms with Gasteiger partial charge in [0.1, 0.15) is 4.90 Å². The maximum absolute atomic E-state index is 13.9. The summed E-state index contributed by atoms with van der Waals surface area (Å²) in [5.41, 5.74) is 0.0110. The molecule has 0 radical (unpaired) electrons. The molecule has 0 heterocycles. The first kappa shape index (κ1) is 21.7. The zero-order valence-electron chi connectivity index (χ0n) is 15.8. The fraction of sp³-hybridized carbons (Fsp3) is 0.0952. The Bertz CT molecular complexity index is 1190. The van der Waals surface area contributed by atoms with E-state index in [-0.39, 0.29) is 22.2 Å². The first-order valence-electron chi connectivity index (χ1n) is 8.88. The Kier molecular flexibility index (Phi) is 6.38. The molecule has 0 aliphatic carbocycles. The molecule has 0 saturated heterocycles. The molecular formula is C21H17ClF2N2O3S. The largest absolute Gasteiger partial charge is 0.322 e. The molecule has 30 heavy (non-hydrogen) atoms. The first-order chi connectivity index (χ1) is 14.3. The van der Waals surface area contributed by atoms with Gasteiger partial charge in [-0.1, -0.05) is 35.9 Å². The van der Waals surface area contributed by atoms with Crippen LogP contribution < -0.4 is 9.62 Å². The zero-order valence-corrected chi connectivity index (χ0v) is 17.3. The zero-order chi connectivity index (χ0) is 21.9. The van der Waals surface area contributed by atoms with Gasteiger partial charge in [-0.05, 0) is 49.4 Å². The Hall–Kier alpha value is -2.97. The molecule has 9 heteroatoms. The van der Waals surface area contributed by atoms with E-state index in [0.29, 0.717) is 5.69 Å². The first-order valence-corrected chi connectivity index (χ1v) is 10.7. The van der Waals surface area contributed by atoms with Gasteiger partial charge in [0, 0.05) is 12.2 Å². The van der Waals surface area contributed by atoms with Gasteiger partial charge in [0.15, 0.2) is 11.6 Å². The summed E-state index contributed by atoms with van der Waals surface area (Å²) in [6.45, 7) is 1.82. The standard InChI is InChI=1S/C21H17ClF2N2O3S/c1-2-26(15-7-4-3-5-8-15)30(28,29)19-13-14(11-12-17(19)22)25-21(27)16-9-6-10-18(23)20(16)24/h3-13H,2H2,1H3,(H,25,27). The molecule has 0 atom stereocenters. The Morgan fingerprint density at radius 2 is 1.73 bits per heavy atom. The third kappa shape index (κ3) is 4.29. The SMILES string of the molecule is CCN(c1ccccc1)S(=O)(=O)c1cc(NC(=O)c2cccc(F)c2F)ccc1Cl. The van der Waals surface area contributed by atoms with Crippen molar-refractivity contribution in [1.29, 1.82) is 0 Å². The summed E-state index contributed by atoms with van der Waals surface area (Å²) in [5, 5.41) is 2.33. The number of carbonyl (C=O) groups is 1. The molecule has 1 N–H and O–H groups in total. The van der Waals surface area contributed by atoms with Gasteiger partial charge in [0.2, 0.25) is 0 Å². The average Bonchev–Trinajstić information content (AvgIpc) is 2.72. The predicted molar refractivity (Wildman–Crippen MR) is 112 cm³/mol. The number of anilines is 2. The number of amides is 1. The van der Waals surface area contributed by atoms with Gasteiger partial charge in [0.05, 0.1) is 16.3 Å². The highest BCUT2D eigenvalue weighted by molar-refractivity contribution is 7.93. The minimum absolute atomic E-state index is 0.0423. The van der Waals surface area contributed by atoms with Crippen molar-refractivity contribution in [1.82, 2.24) is 0 Å². The summed E-state index contributed by atoms with van der Waals surface area (Å²) in [5.74, 6) is -3.38. The number of halogens is 3. The summed E-state index contributed by atoms with van der Waals surface area (Å²) in [6, 6.07) is 15.5. The van der Waals surface area contributed by atoms with Crippen molar-refractivity contribution in [2.24, 2.45) is 0 Å².